The Bertz CT molecular complexity index is 330. The van der Waals surface area contributed by atoms with Crippen molar-refractivity contribution in [3.05, 3.63) is 18.5 Å². The molecule has 1 heterocycles. The summed E-state index contributed by atoms with van der Waals surface area (Å²) in [6.07, 6.45) is 4.98. The molecule has 1 aromatic rings. The summed E-state index contributed by atoms with van der Waals surface area (Å²) in [4.78, 5) is 3.94. The van der Waals surface area contributed by atoms with Crippen molar-refractivity contribution >= 4 is 22.2 Å². The van der Waals surface area contributed by atoms with Crippen molar-refractivity contribution in [1.82, 2.24) is 4.98 Å². The van der Waals surface area contributed by atoms with Gasteiger partial charge < -0.3 is 11.1 Å². The zero-order valence-corrected chi connectivity index (χ0v) is 9.17. The summed E-state index contributed by atoms with van der Waals surface area (Å²) < 4.78 is 11.1. The second kappa shape index (κ2) is 4.95. The maximum Gasteiger partial charge on any atom is 0.0547 e. The van der Waals surface area contributed by atoms with E-state index in [-0.39, 0.29) is 5.25 Å². The largest absolute Gasteiger partial charge is 0.397 e. The fraction of sp³-hybridized carbons (Fsp3) is 0.444. The number of nitrogens with one attached hydrogen (secondary N) is 1. The number of nitrogens with two attached hydrogens (primary N) is 1. The summed E-state index contributed by atoms with van der Waals surface area (Å²) in [5.74, 6) is 0. The molecule has 0 amide bonds. The minimum absolute atomic E-state index is 0.122. The SMILES string of the molecule is CC(CNc1cncc(N)c1)S(C)=O. The standard InChI is InChI=1S/C9H15N3OS/c1-7(14(2)13)4-12-9-3-8(10)5-11-6-9/h3,5-7,12H,4,10H2,1-2H3. The van der Waals surface area contributed by atoms with Crippen molar-refractivity contribution in [3.63, 3.8) is 0 Å². The lowest BCUT2D eigenvalue weighted by atomic mass is 10.3. The number of pyridine rings is 1. The minimum Gasteiger partial charge on any atom is -0.397 e. The Labute approximate surface area is 86.4 Å². The molecular weight excluding hydrogens is 198 g/mol. The van der Waals surface area contributed by atoms with Crippen LogP contribution in [-0.2, 0) is 10.8 Å². The fourth-order valence-electron chi connectivity index (χ4n) is 0.933. The highest BCUT2D eigenvalue weighted by Gasteiger charge is 2.05. The molecule has 0 aromatic carbocycles. The van der Waals surface area contributed by atoms with Gasteiger partial charge in [0.2, 0.25) is 0 Å². The van der Waals surface area contributed by atoms with E-state index >= 15 is 0 Å². The molecule has 1 aromatic heterocycles. The van der Waals surface area contributed by atoms with Crippen molar-refractivity contribution < 1.29 is 4.21 Å². The van der Waals surface area contributed by atoms with Crippen LogP contribution in [0.5, 0.6) is 0 Å². The van der Waals surface area contributed by atoms with Crippen LogP contribution in [0.25, 0.3) is 0 Å². The van der Waals surface area contributed by atoms with Gasteiger partial charge in [-0.05, 0) is 13.0 Å². The van der Waals surface area contributed by atoms with Crippen LogP contribution in [0.1, 0.15) is 6.92 Å². The number of hydrogen-bond acceptors (Lipinski definition) is 4. The van der Waals surface area contributed by atoms with Crippen LogP contribution in [0.2, 0.25) is 0 Å². The van der Waals surface area contributed by atoms with Crippen LogP contribution in [0, 0.1) is 0 Å². The first-order chi connectivity index (χ1) is 6.59. The monoisotopic (exact) mass is 213 g/mol. The summed E-state index contributed by atoms with van der Waals surface area (Å²) in [7, 11) is -0.803. The lowest BCUT2D eigenvalue weighted by Crippen LogP contribution is -2.20. The maximum absolute atomic E-state index is 11.1. The normalized spacial score (nSPS) is 14.7. The summed E-state index contributed by atoms with van der Waals surface area (Å²) in [5.41, 5.74) is 7.05. The molecule has 14 heavy (non-hydrogen) atoms. The van der Waals surface area contributed by atoms with Crippen LogP contribution >= 0.6 is 0 Å². The van der Waals surface area contributed by atoms with Gasteiger partial charge in [0.25, 0.3) is 0 Å². The minimum atomic E-state index is -0.803. The van der Waals surface area contributed by atoms with Gasteiger partial charge >= 0.3 is 0 Å². The van der Waals surface area contributed by atoms with E-state index < -0.39 is 10.8 Å². The number of rotatable bonds is 4. The van der Waals surface area contributed by atoms with Crippen LogP contribution in [-0.4, -0.2) is 27.2 Å². The van der Waals surface area contributed by atoms with E-state index in [1.807, 2.05) is 6.92 Å². The second-order valence-electron chi connectivity index (χ2n) is 3.20. The topological polar surface area (TPSA) is 68.0 Å². The molecule has 5 heteroatoms. The number of anilines is 2. The molecule has 0 saturated heterocycles. The Balaban J connectivity index is 2.49. The Morgan fingerprint density at radius 1 is 1.64 bits per heavy atom. The molecule has 0 bridgehead atoms. The van der Waals surface area contributed by atoms with E-state index in [9.17, 15) is 4.21 Å². The first kappa shape index (κ1) is 11.0. The molecule has 0 aliphatic carbocycles. The van der Waals surface area contributed by atoms with Crippen molar-refractivity contribution in [3.8, 4) is 0 Å². The van der Waals surface area contributed by atoms with Gasteiger partial charge in [0.15, 0.2) is 0 Å². The highest BCUT2D eigenvalue weighted by molar-refractivity contribution is 7.84. The van der Waals surface area contributed by atoms with E-state index in [1.54, 1.807) is 24.7 Å². The molecule has 2 unspecified atom stereocenters. The molecule has 1 rings (SSSR count). The zero-order valence-electron chi connectivity index (χ0n) is 8.36. The molecule has 2 atom stereocenters. The van der Waals surface area contributed by atoms with Gasteiger partial charge in [-0.25, -0.2) is 0 Å². The van der Waals surface area contributed by atoms with Crippen LogP contribution in [0.4, 0.5) is 11.4 Å². The summed E-state index contributed by atoms with van der Waals surface area (Å²) in [5, 5.41) is 3.25. The molecule has 0 aliphatic rings. The predicted octanol–water partition coefficient (Wildman–Crippen LogP) is 0.843. The van der Waals surface area contributed by atoms with Gasteiger partial charge in [0, 0.05) is 35.0 Å². The molecule has 3 N–H and O–H groups in total. The van der Waals surface area contributed by atoms with E-state index in [1.165, 1.54) is 0 Å². The van der Waals surface area contributed by atoms with Crippen LogP contribution in [0.3, 0.4) is 0 Å². The smallest absolute Gasteiger partial charge is 0.0547 e. The summed E-state index contributed by atoms with van der Waals surface area (Å²) in [6, 6.07) is 1.80. The number of hydrogen-bond donors (Lipinski definition) is 2. The Hall–Kier alpha value is -1.10. The Morgan fingerprint density at radius 3 is 2.93 bits per heavy atom. The summed E-state index contributed by atoms with van der Waals surface area (Å²) in [6.45, 7) is 2.59. The third kappa shape index (κ3) is 3.33. The maximum atomic E-state index is 11.1. The third-order valence-electron chi connectivity index (χ3n) is 1.92. The molecule has 78 valence electrons. The molecule has 4 nitrogen and oxygen atoms in total. The van der Waals surface area contributed by atoms with Crippen LogP contribution < -0.4 is 11.1 Å². The number of nitrogens with zero attached hydrogens (tertiary/aromatic N) is 1. The lowest BCUT2D eigenvalue weighted by molar-refractivity contribution is 0.679. The van der Waals surface area contributed by atoms with Gasteiger partial charge in [-0.3, -0.25) is 9.19 Å². The van der Waals surface area contributed by atoms with Crippen molar-refractivity contribution in [1.29, 1.82) is 0 Å². The quantitative estimate of drug-likeness (QED) is 0.778. The highest BCUT2D eigenvalue weighted by Crippen LogP contribution is 2.09. The number of nitrogen functional groups attached to an aromatic ring is 1. The van der Waals surface area contributed by atoms with Gasteiger partial charge in [-0.2, -0.15) is 0 Å². The van der Waals surface area contributed by atoms with E-state index in [4.69, 9.17) is 5.73 Å². The Kier molecular flexibility index (Phi) is 3.88. The molecule has 0 spiro atoms. The van der Waals surface area contributed by atoms with Gasteiger partial charge in [-0.1, -0.05) is 0 Å². The zero-order chi connectivity index (χ0) is 10.6. The molecule has 0 saturated carbocycles. The van der Waals surface area contributed by atoms with Gasteiger partial charge in [0.05, 0.1) is 17.6 Å². The molecular formula is C9H15N3OS. The third-order valence-corrected chi connectivity index (χ3v) is 3.22. The second-order valence-corrected chi connectivity index (χ2v) is 5.00. The Morgan fingerprint density at radius 2 is 2.36 bits per heavy atom. The molecule has 0 radical (unpaired) electrons. The number of aromatic nitrogens is 1. The van der Waals surface area contributed by atoms with E-state index in [0.29, 0.717) is 12.2 Å². The van der Waals surface area contributed by atoms with Crippen molar-refractivity contribution in [2.24, 2.45) is 0 Å². The average Bonchev–Trinajstić information content (AvgIpc) is 2.14. The lowest BCUT2D eigenvalue weighted by Gasteiger charge is -2.10. The first-order valence-electron chi connectivity index (χ1n) is 4.36. The summed E-state index contributed by atoms with van der Waals surface area (Å²) >= 11 is 0. The predicted molar refractivity (Wildman–Crippen MR) is 60.7 cm³/mol. The van der Waals surface area contributed by atoms with Crippen molar-refractivity contribution in [2.45, 2.75) is 12.2 Å². The first-order valence-corrected chi connectivity index (χ1v) is 5.98. The fourth-order valence-corrected chi connectivity index (χ4v) is 1.25. The van der Waals surface area contributed by atoms with Gasteiger partial charge in [-0.15, -0.1) is 0 Å². The molecule has 0 fully saturated rings. The van der Waals surface area contributed by atoms with E-state index in [0.717, 1.165) is 5.69 Å². The molecule has 0 aliphatic heterocycles. The van der Waals surface area contributed by atoms with E-state index in [2.05, 4.69) is 10.3 Å². The van der Waals surface area contributed by atoms with Gasteiger partial charge in [0.1, 0.15) is 0 Å². The van der Waals surface area contributed by atoms with Crippen LogP contribution in [0.15, 0.2) is 18.5 Å². The average molecular weight is 213 g/mol. The van der Waals surface area contributed by atoms with Crippen molar-refractivity contribution in [2.75, 3.05) is 23.9 Å². The highest BCUT2D eigenvalue weighted by atomic mass is 32.2.